The van der Waals surface area contributed by atoms with Gasteiger partial charge < -0.3 is 9.64 Å². The van der Waals surface area contributed by atoms with E-state index in [9.17, 15) is 4.79 Å². The fourth-order valence-electron chi connectivity index (χ4n) is 3.84. The maximum atomic E-state index is 12.5. The van der Waals surface area contributed by atoms with Crippen molar-refractivity contribution in [1.29, 1.82) is 0 Å². The summed E-state index contributed by atoms with van der Waals surface area (Å²) in [7, 11) is 0. The van der Waals surface area contributed by atoms with Crippen LogP contribution >= 0.6 is 0 Å². The van der Waals surface area contributed by atoms with Crippen LogP contribution in [0.3, 0.4) is 0 Å². The summed E-state index contributed by atoms with van der Waals surface area (Å²) in [6.45, 7) is 2.93. The molecule has 0 spiro atoms. The van der Waals surface area contributed by atoms with Gasteiger partial charge in [0.05, 0.1) is 17.8 Å². The van der Waals surface area contributed by atoms with E-state index in [1.165, 1.54) is 0 Å². The number of aromatic nitrogens is 1. The molecule has 5 nitrogen and oxygen atoms in total. The molecule has 2 saturated heterocycles. The Balaban J connectivity index is 1.50. The highest BCUT2D eigenvalue weighted by atomic mass is 16.5. The number of rotatable bonds is 3. The minimum atomic E-state index is 0.0608. The summed E-state index contributed by atoms with van der Waals surface area (Å²) in [6.07, 6.45) is 3.80. The van der Waals surface area contributed by atoms with Crippen LogP contribution in [-0.2, 0) is 16.1 Å². The highest BCUT2D eigenvalue weighted by Gasteiger charge is 2.39. The Labute approximate surface area is 148 Å². The van der Waals surface area contributed by atoms with Crippen LogP contribution in [0, 0.1) is 0 Å². The molecule has 5 heteroatoms. The largest absolute Gasteiger partial charge is 0.366 e. The van der Waals surface area contributed by atoms with Crippen LogP contribution in [0.5, 0.6) is 0 Å². The molecule has 0 unspecified atom stereocenters. The number of ether oxygens (including phenoxy) is 1. The van der Waals surface area contributed by atoms with E-state index >= 15 is 0 Å². The Hall–Kier alpha value is -2.24. The summed E-state index contributed by atoms with van der Waals surface area (Å²) in [5.41, 5.74) is 2.06. The third-order valence-electron chi connectivity index (χ3n) is 5.07. The summed E-state index contributed by atoms with van der Waals surface area (Å²) in [5, 5.41) is 0. The molecule has 2 aliphatic rings. The molecule has 0 saturated carbocycles. The molecule has 0 N–H and O–H groups in total. The van der Waals surface area contributed by atoms with Gasteiger partial charge in [0, 0.05) is 31.5 Å². The van der Waals surface area contributed by atoms with Gasteiger partial charge in [-0.1, -0.05) is 24.3 Å². The van der Waals surface area contributed by atoms with Crippen molar-refractivity contribution in [3.63, 3.8) is 0 Å². The fraction of sp³-hybridized carbons (Fsp3) is 0.400. The number of fused-ring (bicyclic) bond motifs is 1. The number of likely N-dealkylation sites (tertiary alicyclic amines) is 1. The molecule has 1 aromatic heterocycles. The van der Waals surface area contributed by atoms with Crippen molar-refractivity contribution in [2.24, 2.45) is 0 Å². The molecule has 1 aromatic carbocycles. The maximum absolute atomic E-state index is 12.5. The molecule has 1 amide bonds. The monoisotopic (exact) mass is 337 g/mol. The number of carbonyl (C=O) groups excluding carboxylic acids is 1. The second-order valence-corrected chi connectivity index (χ2v) is 6.69. The summed E-state index contributed by atoms with van der Waals surface area (Å²) >= 11 is 0. The van der Waals surface area contributed by atoms with Gasteiger partial charge in [0.2, 0.25) is 0 Å². The molecule has 130 valence electrons. The first kappa shape index (κ1) is 16.2. The van der Waals surface area contributed by atoms with E-state index in [2.05, 4.69) is 16.0 Å². The number of anilines is 1. The third-order valence-corrected chi connectivity index (χ3v) is 5.07. The number of para-hydroxylation sites is 1. The van der Waals surface area contributed by atoms with Gasteiger partial charge in [-0.15, -0.1) is 0 Å². The first-order chi connectivity index (χ1) is 12.3. The van der Waals surface area contributed by atoms with E-state index in [0.29, 0.717) is 0 Å². The van der Waals surface area contributed by atoms with E-state index < -0.39 is 0 Å². The summed E-state index contributed by atoms with van der Waals surface area (Å²) in [4.78, 5) is 21.3. The Morgan fingerprint density at radius 3 is 2.64 bits per heavy atom. The first-order valence-electron chi connectivity index (χ1n) is 8.92. The van der Waals surface area contributed by atoms with Crippen molar-refractivity contribution in [2.45, 2.75) is 31.5 Å². The van der Waals surface area contributed by atoms with Crippen molar-refractivity contribution >= 4 is 11.6 Å². The predicted octanol–water partition coefficient (Wildman–Crippen LogP) is 2.48. The summed E-state index contributed by atoms with van der Waals surface area (Å²) in [5.74, 6) is 0.0608. The van der Waals surface area contributed by atoms with E-state index in [0.717, 1.165) is 43.9 Å². The van der Waals surface area contributed by atoms with Gasteiger partial charge in [-0.2, -0.15) is 0 Å². The van der Waals surface area contributed by atoms with Gasteiger partial charge in [-0.05, 0) is 37.1 Å². The van der Waals surface area contributed by atoms with Crippen molar-refractivity contribution in [3.05, 3.63) is 60.4 Å². The van der Waals surface area contributed by atoms with Crippen molar-refractivity contribution < 1.29 is 9.53 Å². The molecule has 3 heterocycles. The van der Waals surface area contributed by atoms with Crippen molar-refractivity contribution in [1.82, 2.24) is 9.88 Å². The number of carbonyl (C=O) groups is 1. The van der Waals surface area contributed by atoms with E-state index in [-0.39, 0.29) is 24.7 Å². The molecular formula is C20H23N3O2. The molecule has 2 aromatic rings. The van der Waals surface area contributed by atoms with Gasteiger partial charge >= 0.3 is 0 Å². The molecule has 4 rings (SSSR count). The maximum Gasteiger partial charge on any atom is 0.253 e. The number of hydrogen-bond donors (Lipinski definition) is 0. The van der Waals surface area contributed by atoms with Crippen LogP contribution in [0.4, 0.5) is 5.69 Å². The van der Waals surface area contributed by atoms with Gasteiger partial charge in [0.15, 0.2) is 0 Å². The van der Waals surface area contributed by atoms with Crippen LogP contribution in [0.25, 0.3) is 0 Å². The zero-order valence-corrected chi connectivity index (χ0v) is 14.3. The van der Waals surface area contributed by atoms with Crippen LogP contribution in [-0.4, -0.2) is 47.6 Å². The molecule has 2 fully saturated rings. The fourth-order valence-corrected chi connectivity index (χ4v) is 3.84. The highest BCUT2D eigenvalue weighted by Crippen LogP contribution is 2.29. The topological polar surface area (TPSA) is 45.7 Å². The van der Waals surface area contributed by atoms with Gasteiger partial charge in [0.25, 0.3) is 5.91 Å². The van der Waals surface area contributed by atoms with E-state index in [4.69, 9.17) is 4.74 Å². The minimum Gasteiger partial charge on any atom is -0.366 e. The number of morpholine rings is 1. The molecule has 0 aliphatic carbocycles. The van der Waals surface area contributed by atoms with Gasteiger partial charge in [-0.3, -0.25) is 14.7 Å². The smallest absolute Gasteiger partial charge is 0.253 e. The second kappa shape index (κ2) is 7.33. The molecular weight excluding hydrogens is 314 g/mol. The number of pyridine rings is 1. The number of benzene rings is 1. The Bertz CT molecular complexity index is 707. The average molecular weight is 337 g/mol. The van der Waals surface area contributed by atoms with E-state index in [1.807, 2.05) is 53.6 Å². The SMILES string of the molecule is O=C1CO[C@H]2CCN(Cc3ccccn3)CC[C@@H]2N1c1ccccc1. The summed E-state index contributed by atoms with van der Waals surface area (Å²) in [6, 6.07) is 16.1. The van der Waals surface area contributed by atoms with Gasteiger partial charge in [0.1, 0.15) is 6.61 Å². The van der Waals surface area contributed by atoms with Crippen LogP contribution in [0.15, 0.2) is 54.7 Å². The lowest BCUT2D eigenvalue weighted by Crippen LogP contribution is -2.54. The third kappa shape index (κ3) is 3.57. The average Bonchev–Trinajstić information content (AvgIpc) is 2.86. The standard InChI is InChI=1S/C20H23N3O2/c24-20-15-25-19-10-13-22(14-16-6-4-5-11-21-16)12-9-18(19)23(20)17-7-2-1-3-8-17/h1-8,11,18-19H,9-10,12-15H2/t18-,19-/m0/s1. The lowest BCUT2D eigenvalue weighted by atomic mass is 10.0. The Morgan fingerprint density at radius 2 is 1.84 bits per heavy atom. The normalized spacial score (nSPS) is 24.6. The Kier molecular flexibility index (Phi) is 4.76. The van der Waals surface area contributed by atoms with Crippen LogP contribution in [0.1, 0.15) is 18.5 Å². The molecule has 25 heavy (non-hydrogen) atoms. The lowest BCUT2D eigenvalue weighted by molar-refractivity contribution is -0.132. The highest BCUT2D eigenvalue weighted by molar-refractivity contribution is 5.95. The zero-order valence-electron chi connectivity index (χ0n) is 14.3. The van der Waals surface area contributed by atoms with E-state index in [1.54, 1.807) is 0 Å². The van der Waals surface area contributed by atoms with Crippen molar-refractivity contribution in [3.8, 4) is 0 Å². The van der Waals surface area contributed by atoms with Crippen molar-refractivity contribution in [2.75, 3.05) is 24.6 Å². The van der Waals surface area contributed by atoms with Crippen LogP contribution in [0.2, 0.25) is 0 Å². The summed E-state index contributed by atoms with van der Waals surface area (Å²) < 4.78 is 5.89. The minimum absolute atomic E-state index is 0.0608. The quantitative estimate of drug-likeness (QED) is 0.863. The number of amides is 1. The molecule has 0 radical (unpaired) electrons. The zero-order chi connectivity index (χ0) is 17.1. The predicted molar refractivity (Wildman–Crippen MR) is 96.2 cm³/mol. The van der Waals surface area contributed by atoms with Crippen LogP contribution < -0.4 is 4.90 Å². The molecule has 2 atom stereocenters. The molecule has 0 bridgehead atoms. The number of nitrogens with zero attached hydrogens (tertiary/aromatic N) is 3. The molecule has 2 aliphatic heterocycles. The Morgan fingerprint density at radius 1 is 1.04 bits per heavy atom. The first-order valence-corrected chi connectivity index (χ1v) is 8.92. The second-order valence-electron chi connectivity index (χ2n) is 6.69. The van der Waals surface area contributed by atoms with Gasteiger partial charge in [-0.25, -0.2) is 0 Å². The number of hydrogen-bond acceptors (Lipinski definition) is 4. The lowest BCUT2D eigenvalue weighted by Gasteiger charge is -2.40.